The molecule has 0 aliphatic carbocycles. The Morgan fingerprint density at radius 2 is 1.45 bits per heavy atom. The number of ether oxygens (including phenoxy) is 1. The van der Waals surface area contributed by atoms with Crippen LogP contribution in [0.25, 0.3) is 33.0 Å². The average Bonchev–Trinajstić information content (AvgIpc) is 3.45. The number of non-ortho nitro benzene ring substituents is 1. The molecule has 10 nitrogen and oxygen atoms in total. The summed E-state index contributed by atoms with van der Waals surface area (Å²) in [7, 11) is 3.57. The first-order chi connectivity index (χ1) is 17.9. The number of rotatable bonds is 5. The fourth-order valence-electron chi connectivity index (χ4n) is 4.76. The summed E-state index contributed by atoms with van der Waals surface area (Å²) in [5.74, 6) is -1.73. The number of nitro benzene ring substituents is 1. The van der Waals surface area contributed by atoms with Crippen LogP contribution in [0.15, 0.2) is 54.9 Å². The number of aromatic nitrogens is 2. The number of benzene rings is 2. The second-order valence-electron chi connectivity index (χ2n) is 10.4. The third-order valence-electron chi connectivity index (χ3n) is 6.73. The van der Waals surface area contributed by atoms with E-state index in [0.29, 0.717) is 22.0 Å². The Morgan fingerprint density at radius 3 is 2.03 bits per heavy atom. The first-order valence-electron chi connectivity index (χ1n) is 12.0. The molecule has 0 atom stereocenters. The van der Waals surface area contributed by atoms with Gasteiger partial charge in [-0.1, -0.05) is 18.2 Å². The molecule has 194 valence electrons. The first-order valence-corrected chi connectivity index (χ1v) is 12.0. The second-order valence-corrected chi connectivity index (χ2v) is 10.4. The maximum atomic E-state index is 13.9. The Kier molecular flexibility index (Phi) is 5.70. The minimum atomic E-state index is -0.815. The number of carbonyl (C=O) groups is 3. The lowest BCUT2D eigenvalue weighted by atomic mass is 9.95. The molecule has 10 heteroatoms. The third-order valence-corrected chi connectivity index (χ3v) is 6.73. The van der Waals surface area contributed by atoms with Gasteiger partial charge in [0.25, 0.3) is 17.5 Å². The lowest BCUT2D eigenvalue weighted by Gasteiger charge is -2.20. The molecule has 0 fully saturated rings. The molecule has 2 aromatic heterocycles. The summed E-state index contributed by atoms with van der Waals surface area (Å²) in [6.45, 7) is 4.53. The van der Waals surface area contributed by atoms with Gasteiger partial charge < -0.3 is 13.9 Å². The zero-order valence-electron chi connectivity index (χ0n) is 21.6. The van der Waals surface area contributed by atoms with Crippen molar-refractivity contribution < 1.29 is 24.0 Å². The molecule has 1 aliphatic rings. The van der Waals surface area contributed by atoms with Crippen LogP contribution in [-0.2, 0) is 33.2 Å². The van der Waals surface area contributed by atoms with Crippen LogP contribution < -0.4 is 0 Å². The number of esters is 1. The summed E-state index contributed by atoms with van der Waals surface area (Å²) < 4.78 is 8.92. The number of hydrogen-bond acceptors (Lipinski definition) is 6. The molecule has 0 N–H and O–H groups in total. The molecule has 0 saturated carbocycles. The van der Waals surface area contributed by atoms with E-state index < -0.39 is 34.9 Å². The minimum absolute atomic E-state index is 0.0851. The molecule has 5 rings (SSSR count). The van der Waals surface area contributed by atoms with Gasteiger partial charge in [0.2, 0.25) is 0 Å². The van der Waals surface area contributed by atoms with Crippen LogP contribution in [0.2, 0.25) is 0 Å². The van der Waals surface area contributed by atoms with Crippen LogP contribution in [0.4, 0.5) is 5.69 Å². The fourth-order valence-corrected chi connectivity index (χ4v) is 4.76. The Labute approximate surface area is 217 Å². The third kappa shape index (κ3) is 3.85. The molecule has 2 aromatic carbocycles. The maximum absolute atomic E-state index is 13.9. The van der Waals surface area contributed by atoms with E-state index in [-0.39, 0.29) is 16.8 Å². The smallest absolute Gasteiger partial charge is 0.312 e. The molecule has 0 spiro atoms. The number of nitrogens with zero attached hydrogens (tertiary/aromatic N) is 4. The van der Waals surface area contributed by atoms with Gasteiger partial charge in [-0.25, -0.2) is 4.90 Å². The Morgan fingerprint density at radius 1 is 0.895 bits per heavy atom. The molecular weight excluding hydrogens is 488 g/mol. The molecule has 38 heavy (non-hydrogen) atoms. The summed E-state index contributed by atoms with van der Waals surface area (Å²) in [4.78, 5) is 52.0. The van der Waals surface area contributed by atoms with Crippen LogP contribution in [0, 0.1) is 15.5 Å². The van der Waals surface area contributed by atoms with E-state index in [1.807, 2.05) is 35.9 Å². The van der Waals surface area contributed by atoms with Crippen LogP contribution in [0.1, 0.15) is 31.9 Å². The van der Waals surface area contributed by atoms with Crippen LogP contribution in [0.5, 0.6) is 0 Å². The predicted octanol–water partition coefficient (Wildman–Crippen LogP) is 4.40. The molecule has 1 aliphatic heterocycles. The van der Waals surface area contributed by atoms with E-state index in [1.54, 1.807) is 50.8 Å². The van der Waals surface area contributed by atoms with Crippen LogP contribution in [-0.4, -0.2) is 43.5 Å². The topological polar surface area (TPSA) is 117 Å². The van der Waals surface area contributed by atoms with Gasteiger partial charge in [0, 0.05) is 66.0 Å². The van der Waals surface area contributed by atoms with Crippen molar-refractivity contribution in [3.05, 3.63) is 76.1 Å². The highest BCUT2D eigenvalue weighted by Gasteiger charge is 2.42. The number of fused-ring (bicyclic) bond motifs is 2. The second kappa shape index (κ2) is 8.69. The summed E-state index contributed by atoms with van der Waals surface area (Å²) in [6.07, 6.45) is 3.48. The Balaban J connectivity index is 1.72. The van der Waals surface area contributed by atoms with E-state index >= 15 is 0 Å². The number of carbonyl (C=O) groups excluding carboxylic acids is 3. The number of aryl methyl sites for hydroxylation is 2. The molecule has 0 saturated heterocycles. The van der Waals surface area contributed by atoms with Crippen LogP contribution in [0.3, 0.4) is 0 Å². The molecular formula is C28H26N4O6. The highest BCUT2D eigenvalue weighted by atomic mass is 16.6. The van der Waals surface area contributed by atoms with E-state index in [2.05, 4.69) is 0 Å². The monoisotopic (exact) mass is 514 g/mol. The SMILES string of the molecule is Cn1cc(C2=C(c3cn(C)c4cc([N+](=O)[O-])ccc34)C(=O)N(COC(=O)C(C)(C)C)C2=O)c2ccccc21. The van der Waals surface area contributed by atoms with Crippen LogP contribution >= 0.6 is 0 Å². The maximum Gasteiger partial charge on any atom is 0.312 e. The average molecular weight is 515 g/mol. The Hall–Kier alpha value is -4.73. The number of hydrogen-bond donors (Lipinski definition) is 0. The predicted molar refractivity (Wildman–Crippen MR) is 142 cm³/mol. The highest BCUT2D eigenvalue weighted by Crippen LogP contribution is 2.42. The van der Waals surface area contributed by atoms with Crippen molar-refractivity contribution in [1.29, 1.82) is 0 Å². The van der Waals surface area contributed by atoms with E-state index in [1.165, 1.54) is 12.1 Å². The standard InChI is InChI=1S/C28H26N4O6/c1-28(2,3)27(35)38-15-31-25(33)23(19-13-29(4)21-9-7-6-8-17(19)21)24(26(31)34)20-14-30(5)22-12-16(32(36)37)10-11-18(20)22/h6-14H,15H2,1-5H3. The summed E-state index contributed by atoms with van der Waals surface area (Å²) in [5, 5.41) is 12.7. The van der Waals surface area contributed by atoms with Crippen molar-refractivity contribution in [2.75, 3.05) is 6.73 Å². The van der Waals surface area contributed by atoms with Gasteiger partial charge in [-0.2, -0.15) is 0 Å². The van der Waals surface area contributed by atoms with E-state index in [0.717, 1.165) is 15.8 Å². The molecule has 0 radical (unpaired) electrons. The molecule has 0 bridgehead atoms. The first kappa shape index (κ1) is 24.9. The van der Waals surface area contributed by atoms with Gasteiger partial charge in [0.05, 0.1) is 27.0 Å². The van der Waals surface area contributed by atoms with Gasteiger partial charge in [-0.3, -0.25) is 24.5 Å². The van der Waals surface area contributed by atoms with E-state index in [9.17, 15) is 24.5 Å². The number of imide groups is 1. The lowest BCUT2D eigenvalue weighted by Crippen LogP contribution is -2.36. The van der Waals surface area contributed by atoms with Gasteiger partial charge in [0.15, 0.2) is 6.73 Å². The minimum Gasteiger partial charge on any atom is -0.443 e. The summed E-state index contributed by atoms with van der Waals surface area (Å²) in [6, 6.07) is 11.9. The van der Waals surface area contributed by atoms with Crippen molar-refractivity contribution in [1.82, 2.24) is 14.0 Å². The molecule has 4 aromatic rings. The van der Waals surface area contributed by atoms with Crippen molar-refractivity contribution >= 4 is 56.4 Å². The quantitative estimate of drug-likeness (QED) is 0.169. The summed E-state index contributed by atoms with van der Waals surface area (Å²) in [5.41, 5.74) is 1.88. The van der Waals surface area contributed by atoms with Gasteiger partial charge in [-0.05, 0) is 32.9 Å². The van der Waals surface area contributed by atoms with Gasteiger partial charge in [-0.15, -0.1) is 0 Å². The van der Waals surface area contributed by atoms with E-state index in [4.69, 9.17) is 4.74 Å². The summed E-state index contributed by atoms with van der Waals surface area (Å²) >= 11 is 0. The van der Waals surface area contributed by atoms with Crippen molar-refractivity contribution in [2.24, 2.45) is 19.5 Å². The Bertz CT molecular complexity index is 1720. The molecule has 2 amide bonds. The molecule has 0 unspecified atom stereocenters. The van der Waals surface area contributed by atoms with Crippen molar-refractivity contribution in [3.63, 3.8) is 0 Å². The van der Waals surface area contributed by atoms with Crippen molar-refractivity contribution in [3.8, 4) is 0 Å². The largest absolute Gasteiger partial charge is 0.443 e. The normalized spacial score (nSPS) is 14.3. The fraction of sp³-hybridized carbons (Fsp3) is 0.250. The lowest BCUT2D eigenvalue weighted by molar-refractivity contribution is -0.384. The van der Waals surface area contributed by atoms with Gasteiger partial charge >= 0.3 is 5.97 Å². The highest BCUT2D eigenvalue weighted by molar-refractivity contribution is 6.50. The number of amides is 2. The van der Waals surface area contributed by atoms with Gasteiger partial charge in [0.1, 0.15) is 0 Å². The van der Waals surface area contributed by atoms with Crippen molar-refractivity contribution in [2.45, 2.75) is 20.8 Å². The number of para-hydroxylation sites is 1. The zero-order valence-corrected chi connectivity index (χ0v) is 21.6. The zero-order chi connectivity index (χ0) is 27.5. The molecule has 3 heterocycles. The number of nitro groups is 1.